The number of hydrogen-bond acceptors (Lipinski definition) is 3. The molecule has 1 aliphatic carbocycles. The Labute approximate surface area is 202 Å². The topological polar surface area (TPSA) is 41.1 Å². The van der Waals surface area contributed by atoms with Crippen molar-refractivity contribution in [1.82, 2.24) is 10.6 Å². The first-order chi connectivity index (χ1) is 15.7. The van der Waals surface area contributed by atoms with Crippen LogP contribution in [0.15, 0.2) is 42.5 Å². The van der Waals surface area contributed by atoms with E-state index in [2.05, 4.69) is 48.7 Å². The predicted molar refractivity (Wildman–Crippen MR) is 134 cm³/mol. The van der Waals surface area contributed by atoms with E-state index in [1.165, 1.54) is 36.6 Å². The van der Waals surface area contributed by atoms with Crippen LogP contribution in [-0.4, -0.2) is 23.7 Å². The number of amides is 1. The highest BCUT2D eigenvalue weighted by atomic mass is 32.1. The molecule has 2 aromatic carbocycles. The fourth-order valence-corrected chi connectivity index (χ4v) is 5.16. The summed E-state index contributed by atoms with van der Waals surface area (Å²) in [5.74, 6) is -0.967. The molecule has 0 bridgehead atoms. The van der Waals surface area contributed by atoms with Crippen LogP contribution >= 0.6 is 12.6 Å². The van der Waals surface area contributed by atoms with Crippen molar-refractivity contribution in [3.8, 4) is 0 Å². The molecule has 33 heavy (non-hydrogen) atoms. The van der Waals surface area contributed by atoms with Crippen LogP contribution in [0.25, 0.3) is 0 Å². The zero-order valence-corrected chi connectivity index (χ0v) is 20.7. The first-order valence-corrected chi connectivity index (χ1v) is 12.5. The molecule has 0 spiro atoms. The third-order valence-corrected chi connectivity index (χ3v) is 7.24. The van der Waals surface area contributed by atoms with Gasteiger partial charge in [-0.2, -0.15) is 12.6 Å². The fourth-order valence-electron chi connectivity index (χ4n) is 4.89. The average molecular weight is 475 g/mol. The van der Waals surface area contributed by atoms with Crippen molar-refractivity contribution < 1.29 is 13.6 Å². The van der Waals surface area contributed by atoms with E-state index in [1.807, 2.05) is 0 Å². The normalized spacial score (nSPS) is 17.5. The van der Waals surface area contributed by atoms with E-state index in [1.54, 1.807) is 0 Å². The summed E-state index contributed by atoms with van der Waals surface area (Å²) in [7, 11) is 0. The second-order valence-electron chi connectivity index (χ2n) is 9.66. The number of rotatable bonds is 9. The smallest absolute Gasteiger partial charge is 0.217 e. The molecule has 1 aliphatic rings. The highest BCUT2D eigenvalue weighted by molar-refractivity contribution is 7.81. The SMILES string of the molecule is CC(=O)N[C@@H](Cc1cc(F)cc(F)c1)[C@@H](S)CNC1(c2cccc(C(C)C)c2)CCCCC1. The summed E-state index contributed by atoms with van der Waals surface area (Å²) in [6, 6.07) is 12.0. The average Bonchev–Trinajstić information content (AvgIpc) is 2.77. The van der Waals surface area contributed by atoms with Crippen molar-refractivity contribution >= 4 is 18.5 Å². The second-order valence-corrected chi connectivity index (χ2v) is 10.3. The number of carbonyl (C=O) groups is 1. The summed E-state index contributed by atoms with van der Waals surface area (Å²) in [4.78, 5) is 11.9. The van der Waals surface area contributed by atoms with Gasteiger partial charge in [0.1, 0.15) is 11.6 Å². The molecule has 0 saturated heterocycles. The quantitative estimate of drug-likeness (QED) is 0.397. The highest BCUT2D eigenvalue weighted by Gasteiger charge is 2.35. The lowest BCUT2D eigenvalue weighted by molar-refractivity contribution is -0.119. The van der Waals surface area contributed by atoms with Gasteiger partial charge in [0.25, 0.3) is 0 Å². The van der Waals surface area contributed by atoms with Gasteiger partial charge < -0.3 is 10.6 Å². The maximum atomic E-state index is 13.7. The lowest BCUT2D eigenvalue weighted by atomic mass is 9.75. The minimum Gasteiger partial charge on any atom is -0.352 e. The molecule has 2 aromatic rings. The van der Waals surface area contributed by atoms with Gasteiger partial charge in [-0.15, -0.1) is 0 Å². The number of hydrogen-bond donors (Lipinski definition) is 3. The van der Waals surface area contributed by atoms with Gasteiger partial charge in [0.15, 0.2) is 0 Å². The molecule has 180 valence electrons. The van der Waals surface area contributed by atoms with E-state index in [-0.39, 0.29) is 22.7 Å². The van der Waals surface area contributed by atoms with Gasteiger partial charge in [0.2, 0.25) is 5.91 Å². The number of halogens is 2. The summed E-state index contributed by atoms with van der Waals surface area (Å²) >= 11 is 4.82. The summed E-state index contributed by atoms with van der Waals surface area (Å²) in [5.41, 5.74) is 3.00. The van der Waals surface area contributed by atoms with Gasteiger partial charge in [-0.1, -0.05) is 57.4 Å². The Hall–Kier alpha value is -1.92. The molecule has 0 aromatic heterocycles. The van der Waals surface area contributed by atoms with Gasteiger partial charge in [0, 0.05) is 36.4 Å². The van der Waals surface area contributed by atoms with Gasteiger partial charge in [-0.05, 0) is 54.0 Å². The molecule has 2 atom stereocenters. The van der Waals surface area contributed by atoms with Crippen LogP contribution in [0.2, 0.25) is 0 Å². The summed E-state index contributed by atoms with van der Waals surface area (Å²) in [6.45, 7) is 6.43. The largest absolute Gasteiger partial charge is 0.352 e. The Morgan fingerprint density at radius 3 is 2.33 bits per heavy atom. The van der Waals surface area contributed by atoms with Gasteiger partial charge in [0.05, 0.1) is 0 Å². The first-order valence-electron chi connectivity index (χ1n) is 11.9. The van der Waals surface area contributed by atoms with E-state index in [0.29, 0.717) is 24.4 Å². The third-order valence-electron chi connectivity index (χ3n) is 6.69. The molecular formula is C27H36F2N2OS. The Kier molecular flexibility index (Phi) is 8.94. The van der Waals surface area contributed by atoms with E-state index >= 15 is 0 Å². The number of carbonyl (C=O) groups excluding carboxylic acids is 1. The van der Waals surface area contributed by atoms with Crippen molar-refractivity contribution in [2.75, 3.05) is 6.54 Å². The number of nitrogens with one attached hydrogen (secondary N) is 2. The zero-order chi connectivity index (χ0) is 24.0. The minimum absolute atomic E-state index is 0.129. The predicted octanol–water partition coefficient (Wildman–Crippen LogP) is 5.88. The second kappa shape index (κ2) is 11.5. The standard InChI is InChI=1S/C27H36F2N2OS/c1-18(2)21-8-7-9-22(15-21)27(10-5-4-6-11-27)30-17-26(33)25(31-19(3)32)14-20-12-23(28)16-24(29)13-20/h7-9,12-13,15-16,18,25-26,30,33H,4-6,10-11,14,17H2,1-3H3,(H,31,32)/t25-,26-/m0/s1. The summed E-state index contributed by atoms with van der Waals surface area (Å²) in [5, 5.41) is 6.51. The first kappa shape index (κ1) is 25.7. The van der Waals surface area contributed by atoms with Crippen molar-refractivity contribution in [2.45, 2.75) is 82.0 Å². The van der Waals surface area contributed by atoms with Crippen molar-refractivity contribution in [3.63, 3.8) is 0 Å². The van der Waals surface area contributed by atoms with Crippen molar-refractivity contribution in [3.05, 3.63) is 70.8 Å². The van der Waals surface area contributed by atoms with Crippen LogP contribution < -0.4 is 10.6 Å². The summed E-state index contributed by atoms with van der Waals surface area (Å²) < 4.78 is 27.4. The minimum atomic E-state index is -0.619. The number of benzene rings is 2. The highest BCUT2D eigenvalue weighted by Crippen LogP contribution is 2.38. The lowest BCUT2D eigenvalue weighted by Gasteiger charge is -2.40. The molecule has 3 nitrogen and oxygen atoms in total. The maximum absolute atomic E-state index is 13.7. The Morgan fingerprint density at radius 2 is 1.73 bits per heavy atom. The van der Waals surface area contributed by atoms with Crippen molar-refractivity contribution in [1.29, 1.82) is 0 Å². The van der Waals surface area contributed by atoms with E-state index in [0.717, 1.165) is 31.7 Å². The zero-order valence-electron chi connectivity index (χ0n) is 19.8. The van der Waals surface area contributed by atoms with Crippen LogP contribution in [0.4, 0.5) is 8.78 Å². The van der Waals surface area contributed by atoms with Gasteiger partial charge >= 0.3 is 0 Å². The molecule has 6 heteroatoms. The Morgan fingerprint density at radius 1 is 1.06 bits per heavy atom. The molecule has 0 aliphatic heterocycles. The molecule has 1 amide bonds. The molecule has 0 unspecified atom stereocenters. The van der Waals surface area contributed by atoms with E-state index in [9.17, 15) is 13.6 Å². The van der Waals surface area contributed by atoms with Crippen LogP contribution in [-0.2, 0) is 16.8 Å². The Balaban J connectivity index is 1.78. The molecule has 3 rings (SSSR count). The molecule has 2 N–H and O–H groups in total. The summed E-state index contributed by atoms with van der Waals surface area (Å²) in [6.07, 6.45) is 5.96. The molecule has 1 fully saturated rings. The Bertz CT molecular complexity index is 923. The van der Waals surface area contributed by atoms with Gasteiger partial charge in [-0.25, -0.2) is 8.78 Å². The third kappa shape index (κ3) is 7.03. The maximum Gasteiger partial charge on any atom is 0.217 e. The van der Waals surface area contributed by atoms with Crippen LogP contribution in [0, 0.1) is 11.6 Å². The van der Waals surface area contributed by atoms with Crippen LogP contribution in [0.5, 0.6) is 0 Å². The molecule has 0 radical (unpaired) electrons. The van der Waals surface area contributed by atoms with Crippen LogP contribution in [0.1, 0.15) is 75.5 Å². The molecular weight excluding hydrogens is 438 g/mol. The number of thiol groups is 1. The monoisotopic (exact) mass is 474 g/mol. The molecule has 1 saturated carbocycles. The van der Waals surface area contributed by atoms with Crippen LogP contribution in [0.3, 0.4) is 0 Å². The molecule has 0 heterocycles. The van der Waals surface area contributed by atoms with E-state index < -0.39 is 11.6 Å². The van der Waals surface area contributed by atoms with E-state index in [4.69, 9.17) is 12.6 Å². The van der Waals surface area contributed by atoms with Crippen molar-refractivity contribution in [2.24, 2.45) is 0 Å². The van der Waals surface area contributed by atoms with Gasteiger partial charge in [-0.3, -0.25) is 4.79 Å². The fraction of sp³-hybridized carbons (Fsp3) is 0.519. The lowest BCUT2D eigenvalue weighted by Crippen LogP contribution is -2.51.